The molecule has 3 N–H and O–H groups in total. The molecular weight excluding hydrogens is 246 g/mol. The van der Waals surface area contributed by atoms with Gasteiger partial charge < -0.3 is 10.6 Å². The van der Waals surface area contributed by atoms with Crippen molar-refractivity contribution in [1.29, 1.82) is 0 Å². The fraction of sp³-hybridized carbons (Fsp3) is 0.500. The van der Waals surface area contributed by atoms with Crippen LogP contribution in [0.3, 0.4) is 0 Å². The Balaban J connectivity index is 1.85. The van der Waals surface area contributed by atoms with Gasteiger partial charge in [-0.3, -0.25) is 5.10 Å². The lowest BCUT2D eigenvalue weighted by Crippen LogP contribution is -2.26. The molecule has 2 aromatic heterocycles. The Bertz CT molecular complexity index is 539. The molecule has 1 aliphatic rings. The second-order valence-electron chi connectivity index (χ2n) is 4.83. The second kappa shape index (κ2) is 4.37. The molecule has 0 amide bonds. The molecule has 96 valence electrons. The summed E-state index contributed by atoms with van der Waals surface area (Å²) in [5, 5.41) is 7.31. The van der Waals surface area contributed by atoms with Crippen LogP contribution >= 0.6 is 11.3 Å². The molecular formula is C12H17N5S. The highest BCUT2D eigenvalue weighted by Crippen LogP contribution is 2.29. The van der Waals surface area contributed by atoms with E-state index in [4.69, 9.17) is 5.73 Å². The van der Waals surface area contributed by atoms with Gasteiger partial charge in [-0.05, 0) is 31.9 Å². The predicted molar refractivity (Wildman–Crippen MR) is 74.0 cm³/mol. The van der Waals surface area contributed by atoms with Crippen LogP contribution in [-0.2, 0) is 0 Å². The molecule has 3 rings (SSSR count). The summed E-state index contributed by atoms with van der Waals surface area (Å²) >= 11 is 1.75. The van der Waals surface area contributed by atoms with Crippen LogP contribution in [0.4, 0.5) is 5.95 Å². The van der Waals surface area contributed by atoms with Crippen LogP contribution in [0.15, 0.2) is 6.07 Å². The van der Waals surface area contributed by atoms with Gasteiger partial charge in [-0.1, -0.05) is 0 Å². The Labute approximate surface area is 110 Å². The van der Waals surface area contributed by atoms with E-state index in [0.717, 1.165) is 36.2 Å². The van der Waals surface area contributed by atoms with Gasteiger partial charge in [-0.15, -0.1) is 16.4 Å². The Morgan fingerprint density at radius 3 is 2.94 bits per heavy atom. The molecule has 18 heavy (non-hydrogen) atoms. The average molecular weight is 263 g/mol. The van der Waals surface area contributed by atoms with Crippen LogP contribution in [-0.4, -0.2) is 34.3 Å². The normalized spacial score (nSPS) is 19.7. The molecule has 5 nitrogen and oxygen atoms in total. The van der Waals surface area contributed by atoms with Gasteiger partial charge in [0.1, 0.15) is 0 Å². The van der Waals surface area contributed by atoms with Gasteiger partial charge in [0.05, 0.1) is 4.88 Å². The van der Waals surface area contributed by atoms with Crippen molar-refractivity contribution in [3.8, 4) is 10.7 Å². The number of rotatable bonds is 2. The van der Waals surface area contributed by atoms with Gasteiger partial charge in [0.15, 0.2) is 5.82 Å². The summed E-state index contributed by atoms with van der Waals surface area (Å²) in [5.74, 6) is 1.62. The topological polar surface area (TPSA) is 70.8 Å². The van der Waals surface area contributed by atoms with Gasteiger partial charge in [0.2, 0.25) is 5.95 Å². The van der Waals surface area contributed by atoms with Gasteiger partial charge in [-0.25, -0.2) is 0 Å². The van der Waals surface area contributed by atoms with E-state index in [1.165, 1.54) is 10.4 Å². The lowest BCUT2D eigenvalue weighted by atomic mass is 10.3. The first-order valence-corrected chi connectivity index (χ1v) is 6.95. The van der Waals surface area contributed by atoms with Crippen molar-refractivity contribution in [1.82, 2.24) is 15.2 Å². The third kappa shape index (κ3) is 2.02. The lowest BCUT2D eigenvalue weighted by molar-refractivity contribution is 0.750. The van der Waals surface area contributed by atoms with Gasteiger partial charge in [0, 0.05) is 24.0 Å². The average Bonchev–Trinajstić information content (AvgIpc) is 3.00. The smallest absolute Gasteiger partial charge is 0.245 e. The zero-order chi connectivity index (χ0) is 12.7. The third-order valence-corrected chi connectivity index (χ3v) is 4.54. The summed E-state index contributed by atoms with van der Waals surface area (Å²) in [5.41, 5.74) is 7.20. The van der Waals surface area contributed by atoms with Crippen molar-refractivity contribution >= 4 is 17.3 Å². The zero-order valence-corrected chi connectivity index (χ0v) is 11.4. The number of nitrogens with zero attached hydrogens (tertiary/aromatic N) is 3. The van der Waals surface area contributed by atoms with E-state index in [9.17, 15) is 0 Å². The van der Waals surface area contributed by atoms with E-state index in [1.807, 2.05) is 0 Å². The third-order valence-electron chi connectivity index (χ3n) is 3.38. The summed E-state index contributed by atoms with van der Waals surface area (Å²) in [4.78, 5) is 9.17. The zero-order valence-electron chi connectivity index (χ0n) is 10.6. The molecule has 1 aliphatic heterocycles. The minimum atomic E-state index is 0.248. The fourth-order valence-corrected chi connectivity index (χ4v) is 3.14. The molecule has 1 unspecified atom stereocenters. The summed E-state index contributed by atoms with van der Waals surface area (Å²) in [6.45, 7) is 6.03. The van der Waals surface area contributed by atoms with Crippen LogP contribution in [0.5, 0.6) is 0 Å². The van der Waals surface area contributed by atoms with Gasteiger partial charge >= 0.3 is 0 Å². The highest BCUT2D eigenvalue weighted by atomic mass is 32.1. The molecule has 0 spiro atoms. The Hall–Kier alpha value is -1.40. The van der Waals surface area contributed by atoms with Crippen LogP contribution < -0.4 is 10.6 Å². The van der Waals surface area contributed by atoms with E-state index in [-0.39, 0.29) is 6.04 Å². The van der Waals surface area contributed by atoms with Crippen LogP contribution in [0.2, 0.25) is 0 Å². The fourth-order valence-electron chi connectivity index (χ4n) is 2.16. The molecule has 2 aromatic rings. The maximum Gasteiger partial charge on any atom is 0.245 e. The number of nitrogens with two attached hydrogens (primary N) is 1. The van der Waals surface area contributed by atoms with Crippen LogP contribution in [0.1, 0.15) is 16.9 Å². The van der Waals surface area contributed by atoms with Crippen LogP contribution in [0, 0.1) is 13.8 Å². The molecule has 0 bridgehead atoms. The number of aromatic amines is 1. The van der Waals surface area contributed by atoms with Crippen molar-refractivity contribution < 1.29 is 0 Å². The van der Waals surface area contributed by atoms with E-state index in [0.29, 0.717) is 0 Å². The molecule has 1 fully saturated rings. The van der Waals surface area contributed by atoms with Gasteiger partial charge in [-0.2, -0.15) is 4.98 Å². The molecule has 6 heteroatoms. The Morgan fingerprint density at radius 1 is 1.50 bits per heavy atom. The van der Waals surface area contributed by atoms with Crippen molar-refractivity contribution in [2.45, 2.75) is 26.3 Å². The van der Waals surface area contributed by atoms with E-state index >= 15 is 0 Å². The quantitative estimate of drug-likeness (QED) is 0.865. The van der Waals surface area contributed by atoms with Gasteiger partial charge in [0.25, 0.3) is 0 Å². The first-order chi connectivity index (χ1) is 8.63. The van der Waals surface area contributed by atoms with Crippen molar-refractivity contribution in [3.63, 3.8) is 0 Å². The summed E-state index contributed by atoms with van der Waals surface area (Å²) in [7, 11) is 0. The van der Waals surface area contributed by atoms with E-state index < -0.39 is 0 Å². The molecule has 0 saturated carbocycles. The number of H-pyrrole nitrogens is 1. The van der Waals surface area contributed by atoms with Crippen molar-refractivity contribution in [2.24, 2.45) is 5.73 Å². The van der Waals surface area contributed by atoms with Crippen molar-refractivity contribution in [2.75, 3.05) is 18.0 Å². The minimum absolute atomic E-state index is 0.248. The highest BCUT2D eigenvalue weighted by Gasteiger charge is 2.22. The van der Waals surface area contributed by atoms with E-state index in [1.54, 1.807) is 11.3 Å². The molecule has 3 heterocycles. The number of aryl methyl sites for hydroxylation is 2. The molecule has 0 aliphatic carbocycles. The second-order valence-corrected chi connectivity index (χ2v) is 6.08. The molecule has 0 aromatic carbocycles. The number of hydrogen-bond donors (Lipinski definition) is 2. The Kier molecular flexibility index (Phi) is 2.83. The first kappa shape index (κ1) is 11.7. The SMILES string of the molecule is Cc1cc(-c2nc(N3CCC(N)C3)n[nH]2)sc1C. The molecule has 1 saturated heterocycles. The monoisotopic (exact) mass is 263 g/mol. The van der Waals surface area contributed by atoms with Crippen molar-refractivity contribution in [3.05, 3.63) is 16.5 Å². The molecule has 0 radical (unpaired) electrons. The highest BCUT2D eigenvalue weighted by molar-refractivity contribution is 7.15. The summed E-state index contributed by atoms with van der Waals surface area (Å²) < 4.78 is 0. The van der Waals surface area contributed by atoms with E-state index in [2.05, 4.69) is 40.0 Å². The maximum absolute atomic E-state index is 5.90. The number of hydrogen-bond acceptors (Lipinski definition) is 5. The maximum atomic E-state index is 5.90. The number of thiophene rings is 1. The largest absolute Gasteiger partial charge is 0.338 e. The number of aromatic nitrogens is 3. The number of anilines is 1. The summed E-state index contributed by atoms with van der Waals surface area (Å²) in [6, 6.07) is 2.40. The predicted octanol–water partition coefficient (Wildman–Crippen LogP) is 1.69. The summed E-state index contributed by atoms with van der Waals surface area (Å²) in [6.07, 6.45) is 1.01. The molecule has 1 atom stereocenters. The minimum Gasteiger partial charge on any atom is -0.338 e. The van der Waals surface area contributed by atoms with Crippen LogP contribution in [0.25, 0.3) is 10.7 Å². The standard InChI is InChI=1S/C12H17N5S/c1-7-5-10(18-8(7)2)11-14-12(16-15-11)17-4-3-9(13)6-17/h5,9H,3-4,6,13H2,1-2H3,(H,14,15,16). The lowest BCUT2D eigenvalue weighted by Gasteiger charge is -2.11. The number of nitrogens with one attached hydrogen (secondary N) is 1. The first-order valence-electron chi connectivity index (χ1n) is 6.14. The Morgan fingerprint density at radius 2 is 2.33 bits per heavy atom.